The first-order valence-electron chi connectivity index (χ1n) is 7.63. The van der Waals surface area contributed by atoms with Gasteiger partial charge in [-0.3, -0.25) is 4.90 Å². The summed E-state index contributed by atoms with van der Waals surface area (Å²) in [6.07, 6.45) is 5.27. The second kappa shape index (κ2) is 7.38. The van der Waals surface area contributed by atoms with Gasteiger partial charge in [-0.1, -0.05) is 33.6 Å². The van der Waals surface area contributed by atoms with Crippen molar-refractivity contribution >= 4 is 0 Å². The lowest BCUT2D eigenvalue weighted by atomic mass is 9.89. The number of hydrogen-bond acceptors (Lipinski definition) is 2. The Labute approximate surface area is 108 Å². The molecule has 1 heterocycles. The summed E-state index contributed by atoms with van der Waals surface area (Å²) in [7, 11) is 0. The Morgan fingerprint density at radius 1 is 1.24 bits per heavy atom. The molecule has 0 aromatic rings. The number of piperidine rings is 1. The first-order chi connectivity index (χ1) is 8.13. The van der Waals surface area contributed by atoms with Crippen LogP contribution in [0.5, 0.6) is 0 Å². The van der Waals surface area contributed by atoms with Gasteiger partial charge in [0.2, 0.25) is 0 Å². The molecule has 17 heavy (non-hydrogen) atoms. The van der Waals surface area contributed by atoms with Gasteiger partial charge >= 0.3 is 0 Å². The van der Waals surface area contributed by atoms with Gasteiger partial charge < -0.3 is 5.32 Å². The van der Waals surface area contributed by atoms with Gasteiger partial charge in [-0.15, -0.1) is 0 Å². The minimum Gasteiger partial charge on any atom is -0.314 e. The molecule has 0 amide bonds. The molecule has 3 atom stereocenters. The third-order valence-electron chi connectivity index (χ3n) is 4.67. The zero-order valence-electron chi connectivity index (χ0n) is 12.5. The SMILES string of the molecule is CCNC1CCN(C(C)C(CC)CC)C(C)C1. The zero-order valence-corrected chi connectivity index (χ0v) is 12.5. The third-order valence-corrected chi connectivity index (χ3v) is 4.67. The smallest absolute Gasteiger partial charge is 0.00978 e. The molecule has 2 heteroatoms. The van der Waals surface area contributed by atoms with Gasteiger partial charge in [0, 0.05) is 24.7 Å². The summed E-state index contributed by atoms with van der Waals surface area (Å²) < 4.78 is 0. The van der Waals surface area contributed by atoms with Crippen molar-refractivity contribution < 1.29 is 0 Å². The number of nitrogens with zero attached hydrogens (tertiary/aromatic N) is 1. The van der Waals surface area contributed by atoms with Gasteiger partial charge in [0.05, 0.1) is 0 Å². The molecule has 2 nitrogen and oxygen atoms in total. The Balaban J connectivity index is 2.50. The molecule has 1 aliphatic heterocycles. The van der Waals surface area contributed by atoms with Crippen LogP contribution in [0.15, 0.2) is 0 Å². The van der Waals surface area contributed by atoms with Crippen LogP contribution in [0.1, 0.15) is 60.3 Å². The molecule has 0 aromatic heterocycles. The van der Waals surface area contributed by atoms with Crippen LogP contribution in [-0.4, -0.2) is 36.1 Å². The van der Waals surface area contributed by atoms with Crippen LogP contribution in [0.3, 0.4) is 0 Å². The summed E-state index contributed by atoms with van der Waals surface area (Å²) in [6.45, 7) is 14.1. The van der Waals surface area contributed by atoms with Crippen LogP contribution < -0.4 is 5.32 Å². The molecule has 0 aromatic carbocycles. The summed E-state index contributed by atoms with van der Waals surface area (Å²) >= 11 is 0. The van der Waals surface area contributed by atoms with Crippen LogP contribution in [0, 0.1) is 5.92 Å². The molecular weight excluding hydrogens is 208 g/mol. The first-order valence-corrected chi connectivity index (χ1v) is 7.63. The second-order valence-corrected chi connectivity index (χ2v) is 5.68. The van der Waals surface area contributed by atoms with Crippen LogP contribution in [-0.2, 0) is 0 Å². The molecule has 1 aliphatic rings. The van der Waals surface area contributed by atoms with E-state index >= 15 is 0 Å². The third kappa shape index (κ3) is 3.96. The lowest BCUT2D eigenvalue weighted by molar-refractivity contribution is 0.0634. The summed E-state index contributed by atoms with van der Waals surface area (Å²) in [6, 6.07) is 2.24. The van der Waals surface area contributed by atoms with Gasteiger partial charge in [-0.2, -0.15) is 0 Å². The van der Waals surface area contributed by atoms with Gasteiger partial charge in [0.1, 0.15) is 0 Å². The number of nitrogens with one attached hydrogen (secondary N) is 1. The van der Waals surface area contributed by atoms with E-state index in [0.29, 0.717) is 0 Å². The molecule has 1 fully saturated rings. The first kappa shape index (κ1) is 15.0. The van der Waals surface area contributed by atoms with Crippen molar-refractivity contribution in [3.05, 3.63) is 0 Å². The highest BCUT2D eigenvalue weighted by atomic mass is 15.2. The minimum absolute atomic E-state index is 0.739. The van der Waals surface area contributed by atoms with E-state index in [9.17, 15) is 0 Å². The quantitative estimate of drug-likeness (QED) is 0.766. The van der Waals surface area contributed by atoms with Crippen molar-refractivity contribution in [2.75, 3.05) is 13.1 Å². The maximum absolute atomic E-state index is 3.60. The monoisotopic (exact) mass is 240 g/mol. The van der Waals surface area contributed by atoms with E-state index in [4.69, 9.17) is 0 Å². The summed E-state index contributed by atoms with van der Waals surface area (Å²) in [5.41, 5.74) is 0. The fraction of sp³-hybridized carbons (Fsp3) is 1.00. The molecule has 0 saturated carbocycles. The lowest BCUT2D eigenvalue weighted by Crippen LogP contribution is -2.52. The average Bonchev–Trinajstić information content (AvgIpc) is 2.31. The fourth-order valence-electron chi connectivity index (χ4n) is 3.51. The van der Waals surface area contributed by atoms with E-state index in [2.05, 4.69) is 44.8 Å². The molecule has 1 saturated heterocycles. The largest absolute Gasteiger partial charge is 0.314 e. The van der Waals surface area contributed by atoms with Crippen LogP contribution in [0.4, 0.5) is 0 Å². The van der Waals surface area contributed by atoms with Crippen molar-refractivity contribution in [3.8, 4) is 0 Å². The van der Waals surface area contributed by atoms with E-state index in [1.807, 2.05) is 0 Å². The lowest BCUT2D eigenvalue weighted by Gasteiger charge is -2.44. The van der Waals surface area contributed by atoms with E-state index in [1.165, 1.54) is 32.2 Å². The Hall–Kier alpha value is -0.0800. The standard InChI is InChI=1S/C15H32N2/c1-6-14(7-2)13(5)17-10-9-15(16-8-3)11-12(17)4/h12-16H,6-11H2,1-5H3. The number of rotatable bonds is 6. The summed E-state index contributed by atoms with van der Waals surface area (Å²) in [4.78, 5) is 2.74. The number of likely N-dealkylation sites (tertiary alicyclic amines) is 1. The summed E-state index contributed by atoms with van der Waals surface area (Å²) in [5, 5.41) is 3.60. The predicted octanol–water partition coefficient (Wildman–Crippen LogP) is 3.27. The van der Waals surface area contributed by atoms with E-state index < -0.39 is 0 Å². The fourth-order valence-corrected chi connectivity index (χ4v) is 3.51. The summed E-state index contributed by atoms with van der Waals surface area (Å²) in [5.74, 6) is 0.869. The zero-order chi connectivity index (χ0) is 12.8. The van der Waals surface area contributed by atoms with Crippen LogP contribution >= 0.6 is 0 Å². The molecule has 3 unspecified atom stereocenters. The van der Waals surface area contributed by atoms with Gasteiger partial charge in [0.15, 0.2) is 0 Å². The second-order valence-electron chi connectivity index (χ2n) is 5.68. The van der Waals surface area contributed by atoms with Crippen LogP contribution in [0.25, 0.3) is 0 Å². The highest BCUT2D eigenvalue weighted by Crippen LogP contribution is 2.26. The van der Waals surface area contributed by atoms with Crippen molar-refractivity contribution in [2.45, 2.75) is 78.4 Å². The molecule has 1 rings (SSSR count). The molecule has 0 bridgehead atoms. The molecule has 1 N–H and O–H groups in total. The molecular formula is C15H32N2. The number of hydrogen-bond donors (Lipinski definition) is 1. The maximum atomic E-state index is 3.60. The van der Waals surface area contributed by atoms with Gasteiger partial charge in [-0.25, -0.2) is 0 Å². The molecule has 0 radical (unpaired) electrons. The average molecular weight is 240 g/mol. The minimum atomic E-state index is 0.739. The highest BCUT2D eigenvalue weighted by Gasteiger charge is 2.30. The van der Waals surface area contributed by atoms with Gasteiger partial charge in [-0.05, 0) is 39.2 Å². The van der Waals surface area contributed by atoms with E-state index in [0.717, 1.165) is 30.6 Å². The van der Waals surface area contributed by atoms with E-state index in [1.54, 1.807) is 0 Å². The normalized spacial score (nSPS) is 28.6. The molecule has 0 spiro atoms. The Bertz CT molecular complexity index is 201. The maximum Gasteiger partial charge on any atom is 0.00978 e. The molecule has 0 aliphatic carbocycles. The van der Waals surface area contributed by atoms with E-state index in [-0.39, 0.29) is 0 Å². The Kier molecular flexibility index (Phi) is 6.50. The van der Waals surface area contributed by atoms with Crippen molar-refractivity contribution in [1.82, 2.24) is 10.2 Å². The van der Waals surface area contributed by atoms with Crippen LogP contribution in [0.2, 0.25) is 0 Å². The molecule has 102 valence electrons. The highest BCUT2D eigenvalue weighted by molar-refractivity contribution is 4.87. The predicted molar refractivity (Wildman–Crippen MR) is 76.4 cm³/mol. The van der Waals surface area contributed by atoms with Crippen molar-refractivity contribution in [3.63, 3.8) is 0 Å². The van der Waals surface area contributed by atoms with Crippen molar-refractivity contribution in [2.24, 2.45) is 5.92 Å². The van der Waals surface area contributed by atoms with Crippen molar-refractivity contribution in [1.29, 1.82) is 0 Å². The Morgan fingerprint density at radius 2 is 1.88 bits per heavy atom. The van der Waals surface area contributed by atoms with Gasteiger partial charge in [0.25, 0.3) is 0 Å². The topological polar surface area (TPSA) is 15.3 Å². The Morgan fingerprint density at radius 3 is 2.35 bits per heavy atom.